The number of carbonyl (C=O) groups is 1. The molecular formula is C11H19N3O. The number of hydrogen-bond donors (Lipinski definition) is 1. The summed E-state index contributed by atoms with van der Waals surface area (Å²) in [6.07, 6.45) is 2.71. The lowest BCUT2D eigenvalue weighted by molar-refractivity contribution is -0.125. The largest absolute Gasteiger partial charge is 0.352 e. The summed E-state index contributed by atoms with van der Waals surface area (Å²) < 4.78 is 0. The molecule has 1 atom stereocenters. The molecule has 84 valence electrons. The molecule has 0 aromatic rings. The summed E-state index contributed by atoms with van der Waals surface area (Å²) in [5, 5.41) is 11.5. The second-order valence-electron chi connectivity index (χ2n) is 4.00. The van der Waals surface area contributed by atoms with Gasteiger partial charge in [-0.15, -0.1) is 0 Å². The van der Waals surface area contributed by atoms with Crippen molar-refractivity contribution in [2.45, 2.75) is 45.2 Å². The number of carbonyl (C=O) groups excluding carboxylic acids is 1. The molecule has 1 fully saturated rings. The standard InChI is InChI=1S/C11H19N3O/c1-3-14(8-4-7-12)9(2)11(15)13-10-5-6-10/h9-10H,3-6,8H2,1-2H3,(H,13,15). The van der Waals surface area contributed by atoms with Crippen LogP contribution >= 0.6 is 0 Å². The zero-order valence-corrected chi connectivity index (χ0v) is 9.49. The van der Waals surface area contributed by atoms with Gasteiger partial charge in [-0.2, -0.15) is 5.26 Å². The molecule has 1 saturated carbocycles. The number of likely N-dealkylation sites (N-methyl/N-ethyl adjacent to an activating group) is 1. The first kappa shape index (κ1) is 12.0. The first-order valence-electron chi connectivity index (χ1n) is 5.60. The zero-order valence-electron chi connectivity index (χ0n) is 9.49. The van der Waals surface area contributed by atoms with Gasteiger partial charge in [-0.1, -0.05) is 6.92 Å². The van der Waals surface area contributed by atoms with Crippen molar-refractivity contribution in [3.63, 3.8) is 0 Å². The average Bonchev–Trinajstić information content (AvgIpc) is 3.02. The fraction of sp³-hybridized carbons (Fsp3) is 0.818. The van der Waals surface area contributed by atoms with Gasteiger partial charge in [0.05, 0.1) is 12.1 Å². The second kappa shape index (κ2) is 5.72. The molecular weight excluding hydrogens is 190 g/mol. The minimum Gasteiger partial charge on any atom is -0.352 e. The van der Waals surface area contributed by atoms with Crippen molar-refractivity contribution in [2.24, 2.45) is 0 Å². The van der Waals surface area contributed by atoms with E-state index in [4.69, 9.17) is 5.26 Å². The van der Waals surface area contributed by atoms with Crippen LogP contribution in [0.1, 0.15) is 33.1 Å². The van der Waals surface area contributed by atoms with Gasteiger partial charge in [-0.25, -0.2) is 0 Å². The van der Waals surface area contributed by atoms with Gasteiger partial charge in [0.15, 0.2) is 0 Å². The molecule has 0 aromatic carbocycles. The lowest BCUT2D eigenvalue weighted by Crippen LogP contribution is -2.46. The second-order valence-corrected chi connectivity index (χ2v) is 4.00. The van der Waals surface area contributed by atoms with Crippen LogP contribution in [0.15, 0.2) is 0 Å². The van der Waals surface area contributed by atoms with E-state index in [1.165, 1.54) is 0 Å². The molecule has 4 heteroatoms. The van der Waals surface area contributed by atoms with Crippen LogP contribution in [0.4, 0.5) is 0 Å². The summed E-state index contributed by atoms with van der Waals surface area (Å²) in [7, 11) is 0. The molecule has 1 aliphatic carbocycles. The first-order valence-corrected chi connectivity index (χ1v) is 5.60. The van der Waals surface area contributed by atoms with Crippen molar-refractivity contribution in [3.05, 3.63) is 0 Å². The van der Waals surface area contributed by atoms with Gasteiger partial charge in [0, 0.05) is 19.0 Å². The Morgan fingerprint density at radius 1 is 1.67 bits per heavy atom. The Morgan fingerprint density at radius 3 is 2.80 bits per heavy atom. The maximum Gasteiger partial charge on any atom is 0.237 e. The molecule has 0 aromatic heterocycles. The van der Waals surface area contributed by atoms with Crippen LogP contribution in [-0.2, 0) is 4.79 Å². The van der Waals surface area contributed by atoms with Crippen LogP contribution in [0.3, 0.4) is 0 Å². The van der Waals surface area contributed by atoms with Gasteiger partial charge >= 0.3 is 0 Å². The van der Waals surface area contributed by atoms with Gasteiger partial charge in [0.1, 0.15) is 0 Å². The van der Waals surface area contributed by atoms with E-state index < -0.39 is 0 Å². The predicted octanol–water partition coefficient (Wildman–Crippen LogP) is 0.889. The van der Waals surface area contributed by atoms with E-state index >= 15 is 0 Å². The first-order chi connectivity index (χ1) is 7.19. The Hall–Kier alpha value is -1.08. The Labute approximate surface area is 91.2 Å². The third-order valence-corrected chi connectivity index (χ3v) is 2.77. The highest BCUT2D eigenvalue weighted by atomic mass is 16.2. The smallest absolute Gasteiger partial charge is 0.237 e. The summed E-state index contributed by atoms with van der Waals surface area (Å²) in [5.41, 5.74) is 0. The monoisotopic (exact) mass is 209 g/mol. The molecule has 0 saturated heterocycles. The van der Waals surface area contributed by atoms with Crippen molar-refractivity contribution >= 4 is 5.91 Å². The summed E-state index contributed by atoms with van der Waals surface area (Å²) >= 11 is 0. The van der Waals surface area contributed by atoms with Crippen LogP contribution in [-0.4, -0.2) is 36.0 Å². The van der Waals surface area contributed by atoms with Gasteiger partial charge < -0.3 is 5.32 Å². The fourth-order valence-corrected chi connectivity index (χ4v) is 1.53. The Bertz CT molecular complexity index is 255. The maximum absolute atomic E-state index is 11.7. The SMILES string of the molecule is CCN(CCC#N)C(C)C(=O)NC1CC1. The number of hydrogen-bond acceptors (Lipinski definition) is 3. The number of nitrogens with one attached hydrogen (secondary N) is 1. The van der Waals surface area contributed by atoms with Crippen LogP contribution in [0.2, 0.25) is 0 Å². The molecule has 4 nitrogen and oxygen atoms in total. The van der Waals surface area contributed by atoms with Crippen molar-refractivity contribution in [1.82, 2.24) is 10.2 Å². The molecule has 15 heavy (non-hydrogen) atoms. The van der Waals surface area contributed by atoms with E-state index in [1.807, 2.05) is 18.7 Å². The highest BCUT2D eigenvalue weighted by Gasteiger charge is 2.27. The highest BCUT2D eigenvalue weighted by Crippen LogP contribution is 2.19. The molecule has 0 aliphatic heterocycles. The molecule has 1 N–H and O–H groups in total. The number of rotatable bonds is 6. The van der Waals surface area contributed by atoms with E-state index in [1.54, 1.807) is 0 Å². The topological polar surface area (TPSA) is 56.1 Å². The van der Waals surface area contributed by atoms with E-state index in [0.29, 0.717) is 19.0 Å². The van der Waals surface area contributed by atoms with Crippen LogP contribution in [0.25, 0.3) is 0 Å². The molecule has 1 amide bonds. The highest BCUT2D eigenvalue weighted by molar-refractivity contribution is 5.81. The van der Waals surface area contributed by atoms with E-state index in [2.05, 4.69) is 11.4 Å². The summed E-state index contributed by atoms with van der Waals surface area (Å²) in [5.74, 6) is 0.0947. The number of amides is 1. The van der Waals surface area contributed by atoms with Crippen molar-refractivity contribution < 1.29 is 4.79 Å². The number of nitriles is 1. The minimum atomic E-state index is -0.121. The van der Waals surface area contributed by atoms with Crippen molar-refractivity contribution in [3.8, 4) is 6.07 Å². The third kappa shape index (κ3) is 3.88. The van der Waals surface area contributed by atoms with Crippen molar-refractivity contribution in [2.75, 3.05) is 13.1 Å². The molecule has 1 rings (SSSR count). The summed E-state index contributed by atoms with van der Waals surface area (Å²) in [6.45, 7) is 5.39. The Balaban J connectivity index is 2.36. The van der Waals surface area contributed by atoms with Crippen LogP contribution in [0, 0.1) is 11.3 Å². The third-order valence-electron chi connectivity index (χ3n) is 2.77. The van der Waals surface area contributed by atoms with Crippen LogP contribution < -0.4 is 5.32 Å². The van der Waals surface area contributed by atoms with Crippen LogP contribution in [0.5, 0.6) is 0 Å². The molecule has 1 aliphatic rings. The lowest BCUT2D eigenvalue weighted by Gasteiger charge is -2.25. The Morgan fingerprint density at radius 2 is 2.33 bits per heavy atom. The maximum atomic E-state index is 11.7. The Kier molecular flexibility index (Phi) is 4.57. The molecule has 0 spiro atoms. The lowest BCUT2D eigenvalue weighted by atomic mass is 10.2. The predicted molar refractivity (Wildman–Crippen MR) is 58.1 cm³/mol. The zero-order chi connectivity index (χ0) is 11.3. The number of nitrogens with zero attached hydrogens (tertiary/aromatic N) is 2. The van der Waals surface area contributed by atoms with Gasteiger partial charge in [-0.3, -0.25) is 9.69 Å². The minimum absolute atomic E-state index is 0.0947. The molecule has 0 radical (unpaired) electrons. The molecule has 1 unspecified atom stereocenters. The van der Waals surface area contributed by atoms with Gasteiger partial charge in [0.25, 0.3) is 0 Å². The summed E-state index contributed by atoms with van der Waals surface area (Å²) in [6, 6.07) is 2.40. The normalized spacial score (nSPS) is 17.2. The van der Waals surface area contributed by atoms with Gasteiger partial charge in [-0.05, 0) is 26.3 Å². The summed E-state index contributed by atoms with van der Waals surface area (Å²) in [4.78, 5) is 13.7. The fourth-order valence-electron chi connectivity index (χ4n) is 1.53. The van der Waals surface area contributed by atoms with E-state index in [-0.39, 0.29) is 11.9 Å². The quantitative estimate of drug-likeness (QED) is 0.706. The molecule has 0 bridgehead atoms. The van der Waals surface area contributed by atoms with E-state index in [9.17, 15) is 4.79 Å². The average molecular weight is 209 g/mol. The molecule has 0 heterocycles. The van der Waals surface area contributed by atoms with E-state index in [0.717, 1.165) is 19.4 Å². The van der Waals surface area contributed by atoms with Gasteiger partial charge in [0.2, 0.25) is 5.91 Å². The van der Waals surface area contributed by atoms with Crippen molar-refractivity contribution in [1.29, 1.82) is 5.26 Å².